The summed E-state index contributed by atoms with van der Waals surface area (Å²) in [6.07, 6.45) is 0. The molecule has 7 heteroatoms. The van der Waals surface area contributed by atoms with Crippen molar-refractivity contribution in [3.63, 3.8) is 0 Å². The summed E-state index contributed by atoms with van der Waals surface area (Å²) in [4.78, 5) is 32.5. The lowest BCUT2D eigenvalue weighted by Gasteiger charge is -2.23. The molecule has 1 aromatic heterocycles. The lowest BCUT2D eigenvalue weighted by Crippen LogP contribution is -2.29. The minimum Gasteiger partial charge on any atom is -0.508 e. The minimum atomic E-state index is -0.931. The molecule has 4 aromatic rings. The molecule has 33 heavy (non-hydrogen) atoms. The van der Waals surface area contributed by atoms with Gasteiger partial charge in [0, 0.05) is 5.56 Å². The summed E-state index contributed by atoms with van der Waals surface area (Å²) in [6, 6.07) is 18.1. The van der Waals surface area contributed by atoms with Gasteiger partial charge >= 0.3 is 5.91 Å². The number of aliphatic hydroxyl groups excluding tert-OH is 1. The van der Waals surface area contributed by atoms with Crippen molar-refractivity contribution in [1.82, 2.24) is 4.98 Å². The Balaban J connectivity index is 1.76. The molecule has 6 nitrogen and oxygen atoms in total. The van der Waals surface area contributed by atoms with E-state index in [9.17, 15) is 19.8 Å². The summed E-state index contributed by atoms with van der Waals surface area (Å²) in [5, 5.41) is 21.6. The van der Waals surface area contributed by atoms with Crippen LogP contribution in [0.25, 0.3) is 16.0 Å². The monoisotopic (exact) mass is 456 g/mol. The first-order chi connectivity index (χ1) is 15.8. The van der Waals surface area contributed by atoms with Crippen molar-refractivity contribution in [2.75, 3.05) is 4.90 Å². The lowest BCUT2D eigenvalue weighted by molar-refractivity contribution is -0.132. The molecule has 1 atom stereocenters. The Labute approximate surface area is 194 Å². The van der Waals surface area contributed by atoms with E-state index in [4.69, 9.17) is 0 Å². The second-order valence-corrected chi connectivity index (χ2v) is 9.06. The molecule has 5 rings (SSSR count). The van der Waals surface area contributed by atoms with E-state index in [-0.39, 0.29) is 17.1 Å². The van der Waals surface area contributed by atoms with Gasteiger partial charge in [0.25, 0.3) is 5.78 Å². The van der Waals surface area contributed by atoms with Crippen LogP contribution < -0.4 is 4.90 Å². The fourth-order valence-electron chi connectivity index (χ4n) is 4.25. The van der Waals surface area contributed by atoms with Crippen LogP contribution >= 0.6 is 11.3 Å². The van der Waals surface area contributed by atoms with Gasteiger partial charge in [0.05, 0.1) is 21.8 Å². The highest BCUT2D eigenvalue weighted by molar-refractivity contribution is 7.22. The van der Waals surface area contributed by atoms with Crippen LogP contribution in [0.1, 0.15) is 28.3 Å². The van der Waals surface area contributed by atoms with E-state index < -0.39 is 17.7 Å². The number of benzene rings is 3. The summed E-state index contributed by atoms with van der Waals surface area (Å²) in [5.74, 6) is -1.84. The average molecular weight is 457 g/mol. The van der Waals surface area contributed by atoms with Gasteiger partial charge in [0.1, 0.15) is 11.5 Å². The first-order valence-electron chi connectivity index (χ1n) is 10.4. The Hall–Kier alpha value is -3.97. The third-order valence-electron chi connectivity index (χ3n) is 5.70. The maximum atomic E-state index is 13.3. The fraction of sp³-hybridized carbons (Fsp3) is 0.115. The quantitative estimate of drug-likeness (QED) is 0.250. The maximum Gasteiger partial charge on any atom is 0.301 e. The highest BCUT2D eigenvalue weighted by atomic mass is 32.1. The van der Waals surface area contributed by atoms with Crippen LogP contribution in [0.2, 0.25) is 0 Å². The lowest BCUT2D eigenvalue weighted by atomic mass is 9.95. The third-order valence-corrected chi connectivity index (χ3v) is 6.70. The summed E-state index contributed by atoms with van der Waals surface area (Å²) in [6.45, 7) is 3.94. The second kappa shape index (κ2) is 7.86. The molecule has 0 radical (unpaired) electrons. The smallest absolute Gasteiger partial charge is 0.301 e. The SMILES string of the molecule is Cc1cc(C)c2nc(N3C(=O)C(=O)C(=C(O)c4ccccc4)C3c3cccc(O)c3)sc2c1. The number of aliphatic hydroxyl groups is 1. The number of anilines is 1. The number of hydrogen-bond donors (Lipinski definition) is 2. The number of aromatic hydroxyl groups is 1. The Kier molecular flexibility index (Phi) is 4.98. The van der Waals surface area contributed by atoms with Crippen LogP contribution in [0.3, 0.4) is 0 Å². The third kappa shape index (κ3) is 3.47. The minimum absolute atomic E-state index is 0.00596. The predicted molar refractivity (Wildman–Crippen MR) is 128 cm³/mol. The van der Waals surface area contributed by atoms with Crippen molar-refractivity contribution in [1.29, 1.82) is 0 Å². The molecule has 1 aliphatic rings. The van der Waals surface area contributed by atoms with Gasteiger partial charge in [-0.1, -0.05) is 59.9 Å². The van der Waals surface area contributed by atoms with E-state index >= 15 is 0 Å². The zero-order chi connectivity index (χ0) is 23.3. The Morgan fingerprint density at radius 3 is 2.48 bits per heavy atom. The molecule has 164 valence electrons. The molecule has 0 spiro atoms. The number of nitrogens with zero attached hydrogens (tertiary/aromatic N) is 2. The number of carbonyl (C=O) groups is 2. The van der Waals surface area contributed by atoms with Crippen LogP contribution in [-0.2, 0) is 9.59 Å². The molecule has 0 bridgehead atoms. The van der Waals surface area contributed by atoms with E-state index in [0.29, 0.717) is 16.3 Å². The van der Waals surface area contributed by atoms with E-state index in [1.54, 1.807) is 42.5 Å². The maximum absolute atomic E-state index is 13.3. The van der Waals surface area contributed by atoms with Gasteiger partial charge in [-0.3, -0.25) is 14.5 Å². The summed E-state index contributed by atoms with van der Waals surface area (Å²) in [5.41, 5.74) is 3.70. The number of rotatable bonds is 3. The molecule has 3 aromatic carbocycles. The topological polar surface area (TPSA) is 90.7 Å². The summed E-state index contributed by atoms with van der Waals surface area (Å²) >= 11 is 1.32. The van der Waals surface area contributed by atoms with Crippen LogP contribution in [0.5, 0.6) is 5.75 Å². The number of Topliss-reactive ketones (excluding diaryl/α,β-unsaturated/α-hetero) is 1. The molecule has 2 N–H and O–H groups in total. The zero-order valence-corrected chi connectivity index (χ0v) is 18.8. The fourth-order valence-corrected chi connectivity index (χ4v) is 5.42. The van der Waals surface area contributed by atoms with Crippen molar-refractivity contribution in [3.8, 4) is 5.75 Å². The Morgan fingerprint density at radius 2 is 1.76 bits per heavy atom. The normalized spacial score (nSPS) is 17.8. The molecule has 0 saturated carbocycles. The summed E-state index contributed by atoms with van der Waals surface area (Å²) in [7, 11) is 0. The molecule has 1 unspecified atom stereocenters. The van der Waals surface area contributed by atoms with Gasteiger partial charge in [0.2, 0.25) is 0 Å². The number of phenols is 1. The van der Waals surface area contributed by atoms with E-state index in [1.807, 2.05) is 26.0 Å². The van der Waals surface area contributed by atoms with E-state index in [1.165, 1.54) is 28.4 Å². The van der Waals surface area contributed by atoms with Gasteiger partial charge in [-0.15, -0.1) is 0 Å². The number of ketones is 1. The number of fused-ring (bicyclic) bond motifs is 1. The van der Waals surface area contributed by atoms with Crippen LogP contribution in [0.4, 0.5) is 5.13 Å². The number of carbonyl (C=O) groups excluding carboxylic acids is 2. The first kappa shape index (κ1) is 20.9. The number of hydrogen-bond acceptors (Lipinski definition) is 6. The number of thiazole rings is 1. The Morgan fingerprint density at radius 1 is 1.00 bits per heavy atom. The average Bonchev–Trinajstić information content (AvgIpc) is 3.33. The van der Waals surface area contributed by atoms with Crippen molar-refractivity contribution in [3.05, 3.63) is 94.6 Å². The highest BCUT2D eigenvalue weighted by Gasteiger charge is 2.48. The van der Waals surface area contributed by atoms with Crippen molar-refractivity contribution >= 4 is 44.1 Å². The predicted octanol–water partition coefficient (Wildman–Crippen LogP) is 5.25. The summed E-state index contributed by atoms with van der Waals surface area (Å²) < 4.78 is 0.905. The van der Waals surface area contributed by atoms with Gasteiger partial charge in [-0.2, -0.15) is 0 Å². The van der Waals surface area contributed by atoms with E-state index in [2.05, 4.69) is 4.98 Å². The molecule has 1 fully saturated rings. The standard InChI is InChI=1S/C26H20N2O4S/c1-14-11-15(2)21-19(12-14)33-26(27-21)28-22(17-9-6-10-18(29)13-17)20(24(31)25(28)32)23(30)16-7-4-3-5-8-16/h3-13,22,29-30H,1-2H3. The van der Waals surface area contributed by atoms with Crippen LogP contribution in [-0.4, -0.2) is 26.9 Å². The van der Waals surface area contributed by atoms with Gasteiger partial charge < -0.3 is 10.2 Å². The van der Waals surface area contributed by atoms with Gasteiger partial charge in [-0.05, 0) is 48.7 Å². The molecular formula is C26H20N2O4S. The van der Waals surface area contributed by atoms with Gasteiger partial charge in [0.15, 0.2) is 5.13 Å². The molecular weight excluding hydrogens is 436 g/mol. The molecule has 1 amide bonds. The van der Waals surface area contributed by atoms with Gasteiger partial charge in [-0.25, -0.2) is 4.98 Å². The van der Waals surface area contributed by atoms with Crippen LogP contribution in [0, 0.1) is 13.8 Å². The van der Waals surface area contributed by atoms with Crippen molar-refractivity contribution in [2.45, 2.75) is 19.9 Å². The first-order valence-corrected chi connectivity index (χ1v) is 11.2. The highest BCUT2D eigenvalue weighted by Crippen LogP contribution is 2.45. The number of aromatic nitrogens is 1. The second-order valence-electron chi connectivity index (χ2n) is 8.06. The van der Waals surface area contributed by atoms with E-state index in [0.717, 1.165) is 21.3 Å². The number of phenolic OH excluding ortho intramolecular Hbond substituents is 1. The number of amides is 1. The molecule has 1 aliphatic heterocycles. The van der Waals surface area contributed by atoms with Crippen LogP contribution in [0.15, 0.2) is 72.3 Å². The van der Waals surface area contributed by atoms with Crippen molar-refractivity contribution in [2.24, 2.45) is 0 Å². The molecule has 1 saturated heterocycles. The molecule has 2 heterocycles. The van der Waals surface area contributed by atoms with Crippen molar-refractivity contribution < 1.29 is 19.8 Å². The zero-order valence-electron chi connectivity index (χ0n) is 17.9. The number of aryl methyl sites for hydroxylation is 2. The Bertz CT molecular complexity index is 1460. The molecule has 0 aliphatic carbocycles. The largest absolute Gasteiger partial charge is 0.508 e.